The van der Waals surface area contributed by atoms with Crippen molar-refractivity contribution in [3.05, 3.63) is 71.9 Å². The molecule has 5 aromatic rings. The average molecular weight is 489 g/mol. The molecule has 0 radical (unpaired) electrons. The van der Waals surface area contributed by atoms with Gasteiger partial charge in [0.2, 0.25) is 0 Å². The Bertz CT molecular complexity index is 1570. The van der Waals surface area contributed by atoms with Crippen molar-refractivity contribution < 1.29 is 18.3 Å². The minimum Gasteiger partial charge on any atom is -0.494 e. The maximum Gasteiger partial charge on any atom is 0.183 e. The average Bonchev–Trinajstić information content (AvgIpc) is 3.24. The number of aromatic nitrogens is 4. The van der Waals surface area contributed by atoms with Crippen LogP contribution >= 0.6 is 0 Å². The predicted octanol–water partition coefficient (Wildman–Crippen LogP) is 6.78. The maximum absolute atomic E-state index is 15.0. The molecule has 0 N–H and O–H groups in total. The second-order valence-electron chi connectivity index (χ2n) is 8.56. The second kappa shape index (κ2) is 9.89. The zero-order valence-corrected chi connectivity index (χ0v) is 20.4. The van der Waals surface area contributed by atoms with Crippen LogP contribution in [0.4, 0.5) is 8.78 Å². The highest BCUT2D eigenvalue weighted by Gasteiger charge is 2.19. The van der Waals surface area contributed by atoms with E-state index in [1.165, 1.54) is 12.1 Å². The fourth-order valence-corrected chi connectivity index (χ4v) is 4.12. The number of halogens is 2. The Hall–Kier alpha value is -4.07. The molecular weight excluding hydrogens is 462 g/mol. The molecule has 0 saturated carbocycles. The van der Waals surface area contributed by atoms with Gasteiger partial charge in [0.1, 0.15) is 34.5 Å². The van der Waals surface area contributed by atoms with Crippen molar-refractivity contribution in [3.63, 3.8) is 0 Å². The van der Waals surface area contributed by atoms with E-state index in [0.717, 1.165) is 12.8 Å². The molecule has 0 unspecified atom stereocenters. The number of nitrogens with zero attached hydrogens (tertiary/aromatic N) is 4. The van der Waals surface area contributed by atoms with Gasteiger partial charge in [-0.15, -0.1) is 10.2 Å². The first-order valence-corrected chi connectivity index (χ1v) is 12.0. The summed E-state index contributed by atoms with van der Waals surface area (Å²) < 4.78 is 43.1. The summed E-state index contributed by atoms with van der Waals surface area (Å²) in [6.45, 7) is 6.89. The third kappa shape index (κ3) is 4.34. The van der Waals surface area contributed by atoms with Crippen LogP contribution in [0.15, 0.2) is 54.6 Å². The molecule has 6 nitrogen and oxygen atoms in total. The Kier molecular flexibility index (Phi) is 6.50. The quantitative estimate of drug-likeness (QED) is 0.241. The van der Waals surface area contributed by atoms with Crippen molar-refractivity contribution in [1.82, 2.24) is 19.6 Å². The monoisotopic (exact) mass is 488 g/mol. The summed E-state index contributed by atoms with van der Waals surface area (Å²) in [4.78, 5) is 4.63. The smallest absolute Gasteiger partial charge is 0.183 e. The van der Waals surface area contributed by atoms with Gasteiger partial charge in [-0.1, -0.05) is 19.9 Å². The molecule has 5 rings (SSSR count). The van der Waals surface area contributed by atoms with Gasteiger partial charge in [0.25, 0.3) is 0 Å². The fourth-order valence-electron chi connectivity index (χ4n) is 4.12. The van der Waals surface area contributed by atoms with Gasteiger partial charge in [-0.3, -0.25) is 4.40 Å². The lowest BCUT2D eigenvalue weighted by Crippen LogP contribution is -2.00. The minimum absolute atomic E-state index is 0.285. The molecule has 0 atom stereocenters. The molecule has 0 saturated heterocycles. The summed E-state index contributed by atoms with van der Waals surface area (Å²) in [7, 11) is 0. The van der Waals surface area contributed by atoms with Crippen LogP contribution in [0.5, 0.6) is 11.5 Å². The SMILES string of the molecule is CCCOc1ccc(F)c(-c2ccc3nnc4c(C)nc(-c5cc(OCCC)ccc5F)n4c3c2)c1. The third-order valence-corrected chi connectivity index (χ3v) is 5.86. The molecule has 184 valence electrons. The summed E-state index contributed by atoms with van der Waals surface area (Å²) >= 11 is 0. The zero-order chi connectivity index (χ0) is 25.2. The summed E-state index contributed by atoms with van der Waals surface area (Å²) in [6, 6.07) is 14.7. The molecule has 0 spiro atoms. The lowest BCUT2D eigenvalue weighted by Gasteiger charge is -2.11. The molecule has 0 aliphatic heterocycles. The zero-order valence-electron chi connectivity index (χ0n) is 20.4. The first-order chi connectivity index (χ1) is 17.5. The maximum atomic E-state index is 15.0. The molecule has 3 aromatic carbocycles. The minimum atomic E-state index is -0.432. The molecule has 0 aliphatic rings. The van der Waals surface area contributed by atoms with Crippen LogP contribution in [0.3, 0.4) is 0 Å². The van der Waals surface area contributed by atoms with Crippen molar-refractivity contribution in [2.45, 2.75) is 33.6 Å². The van der Waals surface area contributed by atoms with Crippen LogP contribution in [0, 0.1) is 18.6 Å². The molecule has 36 heavy (non-hydrogen) atoms. The van der Waals surface area contributed by atoms with Crippen LogP contribution in [0.1, 0.15) is 32.4 Å². The lowest BCUT2D eigenvalue weighted by atomic mass is 10.0. The van der Waals surface area contributed by atoms with Crippen molar-refractivity contribution in [3.8, 4) is 34.0 Å². The van der Waals surface area contributed by atoms with E-state index >= 15 is 4.39 Å². The summed E-state index contributed by atoms with van der Waals surface area (Å²) in [5, 5.41) is 8.65. The van der Waals surface area contributed by atoms with Crippen LogP contribution < -0.4 is 9.47 Å². The van der Waals surface area contributed by atoms with Crippen LogP contribution in [-0.4, -0.2) is 32.8 Å². The highest BCUT2D eigenvalue weighted by Crippen LogP contribution is 2.33. The first kappa shape index (κ1) is 23.7. The van der Waals surface area contributed by atoms with Gasteiger partial charge < -0.3 is 9.47 Å². The van der Waals surface area contributed by atoms with E-state index in [4.69, 9.17) is 9.47 Å². The third-order valence-electron chi connectivity index (χ3n) is 5.86. The fraction of sp³-hybridized carbons (Fsp3) is 0.250. The van der Waals surface area contributed by atoms with Crippen LogP contribution in [0.2, 0.25) is 0 Å². The molecular formula is C28H26F2N4O2. The van der Waals surface area contributed by atoms with Crippen molar-refractivity contribution in [2.24, 2.45) is 0 Å². The van der Waals surface area contributed by atoms with Gasteiger partial charge in [-0.25, -0.2) is 13.8 Å². The number of ether oxygens (including phenoxy) is 2. The number of rotatable bonds is 8. The van der Waals surface area contributed by atoms with Gasteiger partial charge in [0, 0.05) is 5.56 Å². The summed E-state index contributed by atoms with van der Waals surface area (Å²) in [5.74, 6) is 0.723. The van der Waals surface area contributed by atoms with Gasteiger partial charge in [-0.05, 0) is 73.9 Å². The van der Waals surface area contributed by atoms with Gasteiger partial charge in [0.05, 0.1) is 30.0 Å². The van der Waals surface area contributed by atoms with Crippen molar-refractivity contribution in [1.29, 1.82) is 0 Å². The van der Waals surface area contributed by atoms with E-state index in [-0.39, 0.29) is 11.4 Å². The molecule has 0 fully saturated rings. The van der Waals surface area contributed by atoms with Crippen molar-refractivity contribution in [2.75, 3.05) is 13.2 Å². The number of imidazole rings is 1. The Morgan fingerprint density at radius 1 is 0.778 bits per heavy atom. The molecule has 8 heteroatoms. The van der Waals surface area contributed by atoms with E-state index in [1.54, 1.807) is 47.7 Å². The second-order valence-corrected chi connectivity index (χ2v) is 8.56. The number of fused-ring (bicyclic) bond motifs is 3. The largest absolute Gasteiger partial charge is 0.494 e. The first-order valence-electron chi connectivity index (χ1n) is 12.0. The number of hydrogen-bond acceptors (Lipinski definition) is 5. The number of hydrogen-bond donors (Lipinski definition) is 0. The topological polar surface area (TPSA) is 61.5 Å². The van der Waals surface area contributed by atoms with E-state index in [1.807, 2.05) is 19.9 Å². The van der Waals surface area contributed by atoms with Crippen molar-refractivity contribution >= 4 is 16.7 Å². The molecule has 0 aliphatic carbocycles. The van der Waals surface area contributed by atoms with E-state index in [9.17, 15) is 4.39 Å². The number of benzene rings is 3. The molecule has 2 heterocycles. The van der Waals surface area contributed by atoms with Gasteiger partial charge in [-0.2, -0.15) is 0 Å². The van der Waals surface area contributed by atoms with Gasteiger partial charge >= 0.3 is 0 Å². The lowest BCUT2D eigenvalue weighted by molar-refractivity contribution is 0.317. The summed E-state index contributed by atoms with van der Waals surface area (Å²) in [6.07, 6.45) is 1.69. The Balaban J connectivity index is 1.71. The molecule has 0 amide bonds. The number of aryl methyl sites for hydroxylation is 1. The molecule has 0 bridgehead atoms. The van der Waals surface area contributed by atoms with E-state index in [2.05, 4.69) is 15.2 Å². The Morgan fingerprint density at radius 3 is 2.08 bits per heavy atom. The Morgan fingerprint density at radius 2 is 1.42 bits per heavy atom. The van der Waals surface area contributed by atoms with Crippen LogP contribution in [0.25, 0.3) is 39.2 Å². The standard InChI is InChI=1S/C28H26F2N4O2/c1-4-12-35-19-7-9-23(29)21(15-19)18-6-11-25-26(14-18)34-27(33-32-25)17(3)31-28(34)22-16-20(36-13-5-2)8-10-24(22)30/h6-11,14-16H,4-5,12-13H2,1-3H3. The Labute approximate surface area is 207 Å². The molecule has 2 aromatic heterocycles. The normalized spacial score (nSPS) is 11.4. The highest BCUT2D eigenvalue weighted by atomic mass is 19.1. The highest BCUT2D eigenvalue weighted by molar-refractivity contribution is 5.85. The van der Waals surface area contributed by atoms with E-state index < -0.39 is 5.82 Å². The summed E-state index contributed by atoms with van der Waals surface area (Å²) in [5.41, 5.74) is 3.62. The van der Waals surface area contributed by atoms with Gasteiger partial charge in [0.15, 0.2) is 5.65 Å². The van der Waals surface area contributed by atoms with E-state index in [0.29, 0.717) is 64.0 Å². The van der Waals surface area contributed by atoms with Crippen LogP contribution in [-0.2, 0) is 0 Å². The predicted molar refractivity (Wildman–Crippen MR) is 135 cm³/mol.